The molecule has 1 atom stereocenters. The third-order valence-electron chi connectivity index (χ3n) is 3.18. The monoisotopic (exact) mass is 292 g/mol. The van der Waals surface area contributed by atoms with E-state index in [0.717, 1.165) is 4.90 Å². The van der Waals surface area contributed by atoms with Crippen molar-refractivity contribution in [3.63, 3.8) is 0 Å². The molecule has 1 aliphatic heterocycles. The second kappa shape index (κ2) is 5.78. The van der Waals surface area contributed by atoms with E-state index in [1.165, 1.54) is 6.20 Å². The van der Waals surface area contributed by atoms with Gasteiger partial charge in [0.25, 0.3) is 5.91 Å². The van der Waals surface area contributed by atoms with Crippen molar-refractivity contribution in [2.75, 3.05) is 32.1 Å². The number of rotatable bonds is 3. The van der Waals surface area contributed by atoms with Crippen molar-refractivity contribution in [1.29, 1.82) is 0 Å². The molecule has 8 nitrogen and oxygen atoms in total. The van der Waals surface area contributed by atoms with Gasteiger partial charge in [-0.15, -0.1) is 0 Å². The maximum atomic E-state index is 12.4. The van der Waals surface area contributed by atoms with E-state index in [4.69, 9.17) is 5.11 Å². The number of pyridine rings is 1. The first kappa shape index (κ1) is 14.8. The SMILES string of the molecule is CN(C)c1ccc(C(=O)N2CC(=O)NCC2C(=O)O)cn1. The number of carboxylic acid groups (broad SMARTS) is 1. The summed E-state index contributed by atoms with van der Waals surface area (Å²) in [6.07, 6.45) is 1.38. The van der Waals surface area contributed by atoms with Crippen molar-refractivity contribution in [3.8, 4) is 0 Å². The summed E-state index contributed by atoms with van der Waals surface area (Å²) in [7, 11) is 3.64. The number of carboxylic acids is 1. The summed E-state index contributed by atoms with van der Waals surface area (Å²) in [6.45, 7) is -0.367. The van der Waals surface area contributed by atoms with E-state index >= 15 is 0 Å². The number of nitrogens with zero attached hydrogens (tertiary/aromatic N) is 3. The van der Waals surface area contributed by atoms with Gasteiger partial charge in [-0.05, 0) is 12.1 Å². The van der Waals surface area contributed by atoms with Gasteiger partial charge >= 0.3 is 5.97 Å². The van der Waals surface area contributed by atoms with Crippen LogP contribution in [0.25, 0.3) is 0 Å². The van der Waals surface area contributed by atoms with Crippen LogP contribution in [-0.2, 0) is 9.59 Å². The molecule has 2 heterocycles. The van der Waals surface area contributed by atoms with Crippen molar-refractivity contribution in [1.82, 2.24) is 15.2 Å². The number of piperazine rings is 1. The van der Waals surface area contributed by atoms with E-state index in [2.05, 4.69) is 10.3 Å². The molecule has 0 aliphatic carbocycles. The van der Waals surface area contributed by atoms with Gasteiger partial charge in [-0.25, -0.2) is 9.78 Å². The van der Waals surface area contributed by atoms with Crippen molar-refractivity contribution in [2.45, 2.75) is 6.04 Å². The molecule has 1 unspecified atom stereocenters. The highest BCUT2D eigenvalue weighted by Gasteiger charge is 2.35. The van der Waals surface area contributed by atoms with E-state index in [1.54, 1.807) is 17.0 Å². The Morgan fingerprint density at radius 1 is 1.43 bits per heavy atom. The largest absolute Gasteiger partial charge is 0.480 e. The van der Waals surface area contributed by atoms with Crippen LogP contribution < -0.4 is 10.2 Å². The molecule has 1 aromatic rings. The Morgan fingerprint density at radius 2 is 2.14 bits per heavy atom. The third kappa shape index (κ3) is 3.10. The van der Waals surface area contributed by atoms with E-state index in [9.17, 15) is 14.4 Å². The predicted octanol–water partition coefficient (Wildman–Crippen LogP) is -0.827. The van der Waals surface area contributed by atoms with E-state index < -0.39 is 17.9 Å². The number of carbonyl (C=O) groups is 3. The molecule has 2 N–H and O–H groups in total. The maximum Gasteiger partial charge on any atom is 0.328 e. The summed E-state index contributed by atoms with van der Waals surface area (Å²) in [5.41, 5.74) is 0.251. The molecular formula is C13H16N4O4. The first-order valence-electron chi connectivity index (χ1n) is 6.34. The van der Waals surface area contributed by atoms with Crippen molar-refractivity contribution in [3.05, 3.63) is 23.9 Å². The fourth-order valence-electron chi connectivity index (χ4n) is 2.02. The molecule has 0 radical (unpaired) electrons. The molecule has 0 saturated carbocycles. The molecule has 1 aliphatic rings. The lowest BCUT2D eigenvalue weighted by Gasteiger charge is -2.32. The molecule has 112 valence electrons. The van der Waals surface area contributed by atoms with Crippen molar-refractivity contribution in [2.24, 2.45) is 0 Å². The molecular weight excluding hydrogens is 276 g/mol. The lowest BCUT2D eigenvalue weighted by atomic mass is 10.1. The molecule has 0 spiro atoms. The number of nitrogens with one attached hydrogen (secondary N) is 1. The van der Waals surface area contributed by atoms with Crippen molar-refractivity contribution < 1.29 is 19.5 Å². The molecule has 1 saturated heterocycles. The van der Waals surface area contributed by atoms with Crippen LogP contribution in [0.5, 0.6) is 0 Å². The third-order valence-corrected chi connectivity index (χ3v) is 3.18. The topological polar surface area (TPSA) is 103 Å². The highest BCUT2D eigenvalue weighted by atomic mass is 16.4. The van der Waals surface area contributed by atoms with Crippen LogP contribution in [0.1, 0.15) is 10.4 Å². The van der Waals surface area contributed by atoms with Gasteiger partial charge in [0.2, 0.25) is 5.91 Å². The van der Waals surface area contributed by atoms with Crippen LogP contribution in [0, 0.1) is 0 Å². The summed E-state index contributed by atoms with van der Waals surface area (Å²) in [5.74, 6) is -1.37. The van der Waals surface area contributed by atoms with E-state index in [1.807, 2.05) is 14.1 Å². The molecule has 2 amide bonds. The highest BCUT2D eigenvalue weighted by molar-refractivity contribution is 5.99. The number of amides is 2. The molecule has 8 heteroatoms. The highest BCUT2D eigenvalue weighted by Crippen LogP contribution is 2.13. The van der Waals surface area contributed by atoms with Crippen LogP contribution in [0.15, 0.2) is 18.3 Å². The number of hydrogen-bond donors (Lipinski definition) is 2. The number of anilines is 1. The van der Waals surface area contributed by atoms with Crippen LogP contribution in [-0.4, -0.2) is 66.0 Å². The lowest BCUT2D eigenvalue weighted by molar-refractivity contribution is -0.144. The molecule has 1 aromatic heterocycles. The van der Waals surface area contributed by atoms with Gasteiger partial charge in [0.15, 0.2) is 0 Å². The summed E-state index contributed by atoms with van der Waals surface area (Å²) in [4.78, 5) is 41.9. The summed E-state index contributed by atoms with van der Waals surface area (Å²) in [6, 6.07) is 2.16. The van der Waals surface area contributed by atoms with Crippen LogP contribution in [0.3, 0.4) is 0 Å². The fraction of sp³-hybridized carbons (Fsp3) is 0.385. The summed E-state index contributed by atoms with van der Waals surface area (Å²) >= 11 is 0. The first-order chi connectivity index (χ1) is 9.90. The first-order valence-corrected chi connectivity index (χ1v) is 6.34. The second-order valence-electron chi connectivity index (χ2n) is 4.89. The maximum absolute atomic E-state index is 12.4. The minimum Gasteiger partial charge on any atom is -0.480 e. The zero-order chi connectivity index (χ0) is 15.6. The van der Waals surface area contributed by atoms with Gasteiger partial charge in [-0.2, -0.15) is 0 Å². The number of aromatic nitrogens is 1. The Labute approximate surface area is 121 Å². The van der Waals surface area contributed by atoms with E-state index in [0.29, 0.717) is 5.82 Å². The Kier molecular flexibility index (Phi) is 4.06. The second-order valence-corrected chi connectivity index (χ2v) is 4.89. The van der Waals surface area contributed by atoms with E-state index in [-0.39, 0.29) is 24.6 Å². The summed E-state index contributed by atoms with van der Waals surface area (Å²) in [5, 5.41) is 11.6. The number of aliphatic carboxylic acids is 1. The molecule has 0 aromatic carbocycles. The molecule has 1 fully saturated rings. The minimum absolute atomic E-state index is 0.0941. The number of hydrogen-bond acceptors (Lipinski definition) is 5. The van der Waals surface area contributed by atoms with Crippen LogP contribution >= 0.6 is 0 Å². The molecule has 2 rings (SSSR count). The number of carbonyl (C=O) groups excluding carboxylic acids is 2. The predicted molar refractivity (Wildman–Crippen MR) is 74.0 cm³/mol. The van der Waals surface area contributed by atoms with Crippen LogP contribution in [0.4, 0.5) is 5.82 Å². The normalized spacial score (nSPS) is 18.1. The Bertz CT molecular complexity index is 570. The quantitative estimate of drug-likeness (QED) is 0.754. The Hall–Kier alpha value is -2.64. The zero-order valence-electron chi connectivity index (χ0n) is 11.7. The molecule has 21 heavy (non-hydrogen) atoms. The Morgan fingerprint density at radius 3 is 2.67 bits per heavy atom. The van der Waals surface area contributed by atoms with Gasteiger partial charge in [0.1, 0.15) is 18.4 Å². The van der Waals surface area contributed by atoms with Gasteiger partial charge in [0.05, 0.1) is 5.56 Å². The summed E-state index contributed by atoms with van der Waals surface area (Å²) < 4.78 is 0. The van der Waals surface area contributed by atoms with Crippen molar-refractivity contribution >= 4 is 23.6 Å². The van der Waals surface area contributed by atoms with Gasteiger partial charge in [0, 0.05) is 26.8 Å². The smallest absolute Gasteiger partial charge is 0.328 e. The van der Waals surface area contributed by atoms with Gasteiger partial charge in [-0.3, -0.25) is 9.59 Å². The fourth-order valence-corrected chi connectivity index (χ4v) is 2.02. The van der Waals surface area contributed by atoms with Crippen LogP contribution in [0.2, 0.25) is 0 Å². The van der Waals surface area contributed by atoms with Gasteiger partial charge in [-0.1, -0.05) is 0 Å². The Balaban J connectivity index is 2.23. The van der Waals surface area contributed by atoms with Gasteiger partial charge < -0.3 is 20.2 Å². The lowest BCUT2D eigenvalue weighted by Crippen LogP contribution is -2.59. The average molecular weight is 292 g/mol. The molecule has 0 bridgehead atoms. The standard InChI is InChI=1S/C13H16N4O4/c1-16(2)10-4-3-8(5-14-10)12(19)17-7-11(18)15-6-9(17)13(20)21/h3-5,9H,6-7H2,1-2H3,(H,15,18)(H,20,21). The zero-order valence-corrected chi connectivity index (χ0v) is 11.7. The average Bonchev–Trinajstić information content (AvgIpc) is 2.46. The minimum atomic E-state index is -1.15.